The molecule has 0 heterocycles. The Morgan fingerprint density at radius 1 is 0.889 bits per heavy atom. The maximum Gasteiger partial charge on any atom is 0.336 e. The second kappa shape index (κ2) is 8.51. The third kappa shape index (κ3) is 4.74. The first kappa shape index (κ1) is 18.7. The van der Waals surface area contributed by atoms with E-state index in [4.69, 9.17) is 0 Å². The lowest BCUT2D eigenvalue weighted by Gasteiger charge is -2.09. The topological polar surface area (TPSA) is 66.4 Å². The van der Waals surface area contributed by atoms with Crippen molar-refractivity contribution in [1.82, 2.24) is 0 Å². The maximum atomic E-state index is 13.6. The Bertz CT molecular complexity index is 973. The highest BCUT2D eigenvalue weighted by molar-refractivity contribution is 7.98. The molecule has 0 saturated carbocycles. The van der Waals surface area contributed by atoms with Crippen molar-refractivity contribution in [2.75, 3.05) is 5.32 Å². The molecule has 27 heavy (non-hydrogen) atoms. The number of hydrogen-bond donors (Lipinski definition) is 2. The monoisotopic (exact) mass is 381 g/mol. The van der Waals surface area contributed by atoms with Gasteiger partial charge in [0.15, 0.2) is 0 Å². The van der Waals surface area contributed by atoms with E-state index in [2.05, 4.69) is 5.32 Å². The van der Waals surface area contributed by atoms with Gasteiger partial charge in [-0.15, -0.1) is 11.8 Å². The first-order valence-electron chi connectivity index (χ1n) is 8.14. The van der Waals surface area contributed by atoms with Gasteiger partial charge in [-0.05, 0) is 48.0 Å². The van der Waals surface area contributed by atoms with E-state index in [1.54, 1.807) is 42.5 Å². The van der Waals surface area contributed by atoms with Crippen molar-refractivity contribution < 1.29 is 19.1 Å². The number of thioether (sulfide) groups is 1. The van der Waals surface area contributed by atoms with Gasteiger partial charge in [-0.3, -0.25) is 4.79 Å². The zero-order valence-electron chi connectivity index (χ0n) is 14.2. The number of rotatable bonds is 6. The number of hydrogen-bond acceptors (Lipinski definition) is 3. The zero-order valence-corrected chi connectivity index (χ0v) is 15.0. The van der Waals surface area contributed by atoms with E-state index in [1.165, 1.54) is 30.0 Å². The van der Waals surface area contributed by atoms with Gasteiger partial charge in [0.25, 0.3) is 5.91 Å². The molecule has 0 atom stereocenters. The number of amides is 1. The molecule has 2 N–H and O–H groups in total. The summed E-state index contributed by atoms with van der Waals surface area (Å²) in [6.07, 6.45) is 0. The van der Waals surface area contributed by atoms with Gasteiger partial charge in [0, 0.05) is 16.3 Å². The van der Waals surface area contributed by atoms with Crippen LogP contribution in [0.3, 0.4) is 0 Å². The molecule has 0 spiro atoms. The van der Waals surface area contributed by atoms with E-state index in [1.807, 2.05) is 12.1 Å². The molecular weight excluding hydrogens is 365 g/mol. The first-order valence-corrected chi connectivity index (χ1v) is 9.13. The van der Waals surface area contributed by atoms with Crippen molar-refractivity contribution in [3.63, 3.8) is 0 Å². The largest absolute Gasteiger partial charge is 0.478 e. The summed E-state index contributed by atoms with van der Waals surface area (Å²) >= 11 is 1.49. The summed E-state index contributed by atoms with van der Waals surface area (Å²) in [7, 11) is 0. The average molecular weight is 381 g/mol. The van der Waals surface area contributed by atoms with Crippen molar-refractivity contribution in [3.05, 3.63) is 95.3 Å². The van der Waals surface area contributed by atoms with E-state index in [9.17, 15) is 19.1 Å². The zero-order chi connectivity index (χ0) is 19.2. The molecule has 6 heteroatoms. The van der Waals surface area contributed by atoms with Crippen LogP contribution in [0.25, 0.3) is 0 Å². The van der Waals surface area contributed by atoms with E-state index in [0.717, 1.165) is 4.90 Å². The molecule has 0 aromatic heterocycles. The van der Waals surface area contributed by atoms with Crippen LogP contribution in [0.2, 0.25) is 0 Å². The number of carbonyl (C=O) groups is 2. The fourth-order valence-electron chi connectivity index (χ4n) is 2.48. The lowest BCUT2D eigenvalue weighted by molar-refractivity contribution is 0.0692. The Morgan fingerprint density at radius 3 is 2.19 bits per heavy atom. The van der Waals surface area contributed by atoms with Crippen molar-refractivity contribution >= 4 is 29.3 Å². The summed E-state index contributed by atoms with van der Waals surface area (Å²) in [6.45, 7) is 0. The summed E-state index contributed by atoms with van der Waals surface area (Å²) in [5.74, 6) is -1.36. The molecule has 0 bridgehead atoms. The molecule has 0 unspecified atom stereocenters. The molecule has 4 nitrogen and oxygen atoms in total. The number of carboxylic acids is 1. The fourth-order valence-corrected chi connectivity index (χ4v) is 3.36. The van der Waals surface area contributed by atoms with Gasteiger partial charge in [0.1, 0.15) is 5.82 Å². The maximum absolute atomic E-state index is 13.6. The molecule has 0 aliphatic heterocycles. The summed E-state index contributed by atoms with van der Waals surface area (Å²) in [4.78, 5) is 24.5. The summed E-state index contributed by atoms with van der Waals surface area (Å²) in [5, 5.41) is 11.9. The summed E-state index contributed by atoms with van der Waals surface area (Å²) in [5.41, 5.74) is 1.23. The van der Waals surface area contributed by atoms with E-state index in [0.29, 0.717) is 17.0 Å². The van der Waals surface area contributed by atoms with Gasteiger partial charge in [0.05, 0.1) is 11.1 Å². The molecule has 0 fully saturated rings. The van der Waals surface area contributed by atoms with Crippen LogP contribution in [0.5, 0.6) is 0 Å². The normalized spacial score (nSPS) is 10.4. The number of aromatic carboxylic acids is 1. The third-order valence-corrected chi connectivity index (χ3v) is 4.93. The standard InChI is InChI=1S/C21H16FNO3S/c22-19-8-4-1-5-14(19)13-27-16-11-9-15(10-12-16)23-20(24)17-6-2-3-7-18(17)21(25)26/h1-12H,13H2,(H,23,24)(H,25,26). The molecule has 3 aromatic rings. The quantitative estimate of drug-likeness (QED) is 0.585. The number of nitrogens with one attached hydrogen (secondary N) is 1. The van der Waals surface area contributed by atoms with Crippen LogP contribution in [0.4, 0.5) is 10.1 Å². The minimum absolute atomic E-state index is 0.0490. The second-order valence-corrected chi connectivity index (χ2v) is 6.76. The fraction of sp³-hybridized carbons (Fsp3) is 0.0476. The van der Waals surface area contributed by atoms with E-state index < -0.39 is 11.9 Å². The van der Waals surface area contributed by atoms with E-state index in [-0.39, 0.29) is 16.9 Å². The highest BCUT2D eigenvalue weighted by Crippen LogP contribution is 2.25. The minimum atomic E-state index is -1.15. The van der Waals surface area contributed by atoms with Crippen LogP contribution in [0.1, 0.15) is 26.3 Å². The van der Waals surface area contributed by atoms with Gasteiger partial charge in [-0.1, -0.05) is 30.3 Å². The average Bonchev–Trinajstić information content (AvgIpc) is 2.68. The number of benzene rings is 3. The Labute approximate surface area is 160 Å². The van der Waals surface area contributed by atoms with Crippen molar-refractivity contribution in [3.8, 4) is 0 Å². The number of carboxylic acid groups (broad SMARTS) is 1. The Kier molecular flexibility index (Phi) is 5.88. The Morgan fingerprint density at radius 2 is 1.52 bits per heavy atom. The van der Waals surface area contributed by atoms with Crippen LogP contribution < -0.4 is 5.32 Å². The SMILES string of the molecule is O=C(O)c1ccccc1C(=O)Nc1ccc(SCc2ccccc2F)cc1. The van der Waals surface area contributed by atoms with Crippen LogP contribution in [0, 0.1) is 5.82 Å². The van der Waals surface area contributed by atoms with Gasteiger partial charge in [0.2, 0.25) is 0 Å². The van der Waals surface area contributed by atoms with Crippen LogP contribution >= 0.6 is 11.8 Å². The number of carbonyl (C=O) groups excluding carboxylic acids is 1. The Balaban J connectivity index is 1.65. The molecule has 136 valence electrons. The van der Waals surface area contributed by atoms with Crippen LogP contribution in [-0.2, 0) is 5.75 Å². The van der Waals surface area contributed by atoms with Crippen molar-refractivity contribution in [1.29, 1.82) is 0 Å². The van der Waals surface area contributed by atoms with Gasteiger partial charge >= 0.3 is 5.97 Å². The molecule has 0 radical (unpaired) electrons. The van der Waals surface area contributed by atoms with Crippen LogP contribution in [0.15, 0.2) is 77.7 Å². The van der Waals surface area contributed by atoms with Gasteiger partial charge in [-0.25, -0.2) is 9.18 Å². The third-order valence-electron chi connectivity index (χ3n) is 3.87. The highest BCUT2D eigenvalue weighted by atomic mass is 32.2. The van der Waals surface area contributed by atoms with E-state index >= 15 is 0 Å². The molecule has 1 amide bonds. The van der Waals surface area contributed by atoms with Gasteiger partial charge in [-0.2, -0.15) is 0 Å². The summed E-state index contributed by atoms with van der Waals surface area (Å²) < 4.78 is 13.6. The highest BCUT2D eigenvalue weighted by Gasteiger charge is 2.15. The predicted molar refractivity (Wildman–Crippen MR) is 104 cm³/mol. The molecular formula is C21H16FNO3S. The summed E-state index contributed by atoms with van der Waals surface area (Å²) in [6, 6.07) is 19.8. The second-order valence-electron chi connectivity index (χ2n) is 5.71. The van der Waals surface area contributed by atoms with Crippen LogP contribution in [-0.4, -0.2) is 17.0 Å². The smallest absolute Gasteiger partial charge is 0.336 e. The number of anilines is 1. The minimum Gasteiger partial charge on any atom is -0.478 e. The predicted octanol–water partition coefficient (Wildman–Crippen LogP) is 5.07. The number of halogens is 1. The lowest BCUT2D eigenvalue weighted by atomic mass is 10.1. The first-order chi connectivity index (χ1) is 13.0. The molecule has 3 aromatic carbocycles. The van der Waals surface area contributed by atoms with Crippen molar-refractivity contribution in [2.24, 2.45) is 0 Å². The van der Waals surface area contributed by atoms with Gasteiger partial charge < -0.3 is 10.4 Å². The molecule has 0 aliphatic carbocycles. The van der Waals surface area contributed by atoms with Crippen molar-refractivity contribution in [2.45, 2.75) is 10.6 Å². The lowest BCUT2D eigenvalue weighted by Crippen LogP contribution is -2.16. The molecule has 0 saturated heterocycles. The molecule has 0 aliphatic rings. The Hall–Kier alpha value is -3.12. The molecule has 3 rings (SSSR count).